The van der Waals surface area contributed by atoms with Crippen molar-refractivity contribution >= 4 is 34.2 Å². The van der Waals surface area contributed by atoms with Crippen molar-refractivity contribution in [2.24, 2.45) is 0 Å². The maximum atomic E-state index is 6.67. The van der Waals surface area contributed by atoms with Gasteiger partial charge in [0.15, 0.2) is 0 Å². The van der Waals surface area contributed by atoms with Crippen molar-refractivity contribution in [3.8, 4) is 0 Å². The van der Waals surface area contributed by atoms with Crippen molar-refractivity contribution in [3.05, 3.63) is 68.3 Å². The normalized spacial score (nSPS) is 15.9. The fourth-order valence-corrected chi connectivity index (χ4v) is 3.98. The average molecular weight is 383 g/mol. The van der Waals surface area contributed by atoms with Crippen LogP contribution in [0.4, 0.5) is 0 Å². The molecule has 0 spiro atoms. The van der Waals surface area contributed by atoms with E-state index in [1.807, 2.05) is 0 Å². The first-order valence-electron chi connectivity index (χ1n) is 6.76. The minimum Gasteiger partial charge on any atom is -0.113 e. The summed E-state index contributed by atoms with van der Waals surface area (Å²) in [5.41, 5.74) is 5.45. The Kier molecular flexibility index (Phi) is 4.13. The third kappa shape index (κ3) is 2.82. The van der Waals surface area contributed by atoms with Crippen LogP contribution >= 0.6 is 34.2 Å². The molecule has 0 saturated heterocycles. The van der Waals surface area contributed by atoms with Crippen LogP contribution < -0.4 is 0 Å². The van der Waals surface area contributed by atoms with Gasteiger partial charge in [0.25, 0.3) is 0 Å². The topological polar surface area (TPSA) is 0 Å². The predicted octanol–water partition coefficient (Wildman–Crippen LogP) is 5.50. The average Bonchev–Trinajstić information content (AvgIpc) is 2.46. The lowest BCUT2D eigenvalue weighted by atomic mass is 9.89. The summed E-state index contributed by atoms with van der Waals surface area (Å²) in [6, 6.07) is 15.1. The molecule has 2 aromatic carbocycles. The van der Waals surface area contributed by atoms with E-state index in [1.54, 1.807) is 0 Å². The molecule has 2 aromatic rings. The molecule has 3 rings (SSSR count). The van der Waals surface area contributed by atoms with Crippen molar-refractivity contribution in [1.82, 2.24) is 0 Å². The largest absolute Gasteiger partial charge is 0.113 e. The smallest absolute Gasteiger partial charge is 0.0845 e. The quantitative estimate of drug-likeness (QED) is 0.475. The number of fused-ring (bicyclic) bond motifs is 1. The summed E-state index contributed by atoms with van der Waals surface area (Å²) in [5, 5.41) is -0.0414. The fourth-order valence-electron chi connectivity index (χ4n) is 2.77. The molecule has 0 aliphatic heterocycles. The second-order valence-corrected chi connectivity index (χ2v) is 6.72. The van der Waals surface area contributed by atoms with E-state index < -0.39 is 0 Å². The van der Waals surface area contributed by atoms with E-state index in [1.165, 1.54) is 51.5 Å². The number of alkyl halides is 1. The SMILES string of the molecule is ClC(c1ccc2c(c1)CCCC2)c1ccccc1I. The van der Waals surface area contributed by atoms with Crippen LogP contribution in [0.1, 0.15) is 40.5 Å². The van der Waals surface area contributed by atoms with Gasteiger partial charge in [0.05, 0.1) is 5.38 Å². The highest BCUT2D eigenvalue weighted by Crippen LogP contribution is 2.34. The van der Waals surface area contributed by atoms with Crippen LogP contribution in [0, 0.1) is 3.57 Å². The van der Waals surface area contributed by atoms with Gasteiger partial charge in [-0.05, 0) is 76.6 Å². The van der Waals surface area contributed by atoms with E-state index in [0.29, 0.717) is 0 Å². The zero-order chi connectivity index (χ0) is 13.2. The van der Waals surface area contributed by atoms with Gasteiger partial charge in [0.1, 0.15) is 0 Å². The van der Waals surface area contributed by atoms with E-state index in [0.717, 1.165) is 0 Å². The van der Waals surface area contributed by atoms with Crippen LogP contribution in [0.25, 0.3) is 0 Å². The lowest BCUT2D eigenvalue weighted by Crippen LogP contribution is -2.04. The summed E-state index contributed by atoms with van der Waals surface area (Å²) in [5.74, 6) is 0. The fraction of sp³-hybridized carbons (Fsp3) is 0.294. The Balaban J connectivity index is 1.96. The molecule has 0 heterocycles. The monoisotopic (exact) mass is 382 g/mol. The molecule has 0 radical (unpaired) electrons. The first kappa shape index (κ1) is 13.4. The summed E-state index contributed by atoms with van der Waals surface area (Å²) in [6.45, 7) is 0. The van der Waals surface area contributed by atoms with Crippen LogP contribution in [0.3, 0.4) is 0 Å². The van der Waals surface area contributed by atoms with Crippen LogP contribution in [-0.4, -0.2) is 0 Å². The summed E-state index contributed by atoms with van der Waals surface area (Å²) >= 11 is 9.04. The highest BCUT2D eigenvalue weighted by molar-refractivity contribution is 14.1. The molecule has 98 valence electrons. The van der Waals surface area contributed by atoms with Crippen LogP contribution in [0.2, 0.25) is 0 Å². The van der Waals surface area contributed by atoms with E-state index in [-0.39, 0.29) is 5.38 Å². The maximum absolute atomic E-state index is 6.67. The molecule has 0 bridgehead atoms. The van der Waals surface area contributed by atoms with Gasteiger partial charge < -0.3 is 0 Å². The van der Waals surface area contributed by atoms with Gasteiger partial charge in [-0.2, -0.15) is 0 Å². The molecule has 0 aromatic heterocycles. The van der Waals surface area contributed by atoms with Crippen LogP contribution in [0.5, 0.6) is 0 Å². The zero-order valence-corrected chi connectivity index (χ0v) is 13.6. The Morgan fingerprint density at radius 2 is 1.68 bits per heavy atom. The summed E-state index contributed by atoms with van der Waals surface area (Å²) in [4.78, 5) is 0. The Morgan fingerprint density at radius 1 is 0.947 bits per heavy atom. The third-order valence-electron chi connectivity index (χ3n) is 3.84. The van der Waals surface area contributed by atoms with Crippen molar-refractivity contribution in [2.45, 2.75) is 31.1 Å². The van der Waals surface area contributed by atoms with Gasteiger partial charge in [-0.15, -0.1) is 11.6 Å². The molecule has 2 heteroatoms. The van der Waals surface area contributed by atoms with Crippen molar-refractivity contribution in [3.63, 3.8) is 0 Å². The molecule has 1 aliphatic carbocycles. The van der Waals surface area contributed by atoms with E-state index in [9.17, 15) is 0 Å². The second-order valence-electron chi connectivity index (χ2n) is 5.12. The molecule has 1 unspecified atom stereocenters. The standard InChI is InChI=1S/C17H16ClI/c18-17(15-7-3-4-8-16(15)19)14-10-9-12-5-1-2-6-13(12)11-14/h3-4,7-11,17H,1-2,5-6H2. The lowest BCUT2D eigenvalue weighted by molar-refractivity contribution is 0.684. The first-order chi connectivity index (χ1) is 9.25. The van der Waals surface area contributed by atoms with E-state index in [4.69, 9.17) is 11.6 Å². The molecular weight excluding hydrogens is 367 g/mol. The molecule has 0 fully saturated rings. The third-order valence-corrected chi connectivity index (χ3v) is 5.31. The Labute approximate surface area is 133 Å². The molecule has 0 saturated carbocycles. The van der Waals surface area contributed by atoms with E-state index in [2.05, 4.69) is 65.1 Å². The first-order valence-corrected chi connectivity index (χ1v) is 8.27. The van der Waals surface area contributed by atoms with Gasteiger partial charge >= 0.3 is 0 Å². The molecule has 0 amide bonds. The number of aryl methyl sites for hydroxylation is 2. The Hall–Kier alpha value is -0.540. The molecule has 1 aliphatic rings. The number of hydrogen-bond acceptors (Lipinski definition) is 0. The molecule has 19 heavy (non-hydrogen) atoms. The molecule has 0 N–H and O–H groups in total. The van der Waals surface area contributed by atoms with Gasteiger partial charge in [-0.25, -0.2) is 0 Å². The van der Waals surface area contributed by atoms with Crippen LogP contribution in [0.15, 0.2) is 42.5 Å². The zero-order valence-electron chi connectivity index (χ0n) is 10.7. The van der Waals surface area contributed by atoms with Gasteiger partial charge in [-0.1, -0.05) is 36.4 Å². The van der Waals surface area contributed by atoms with Gasteiger partial charge in [-0.3, -0.25) is 0 Å². The summed E-state index contributed by atoms with van der Waals surface area (Å²) in [6.07, 6.45) is 5.07. The Morgan fingerprint density at radius 3 is 2.47 bits per heavy atom. The Bertz CT molecular complexity index is 592. The number of benzene rings is 2. The van der Waals surface area contributed by atoms with Gasteiger partial charge in [0, 0.05) is 3.57 Å². The second kappa shape index (κ2) is 5.84. The number of rotatable bonds is 2. The minimum absolute atomic E-state index is 0.0414. The molecule has 1 atom stereocenters. The van der Waals surface area contributed by atoms with Crippen LogP contribution in [-0.2, 0) is 12.8 Å². The molecule has 0 nitrogen and oxygen atoms in total. The predicted molar refractivity (Wildman–Crippen MR) is 89.9 cm³/mol. The minimum atomic E-state index is -0.0414. The van der Waals surface area contributed by atoms with Crippen molar-refractivity contribution in [2.75, 3.05) is 0 Å². The van der Waals surface area contributed by atoms with Gasteiger partial charge in [0.2, 0.25) is 0 Å². The molecular formula is C17H16ClI. The number of hydrogen-bond donors (Lipinski definition) is 0. The van der Waals surface area contributed by atoms with Crippen molar-refractivity contribution < 1.29 is 0 Å². The van der Waals surface area contributed by atoms with Crippen molar-refractivity contribution in [1.29, 1.82) is 0 Å². The summed E-state index contributed by atoms with van der Waals surface area (Å²) < 4.78 is 1.23. The number of halogens is 2. The summed E-state index contributed by atoms with van der Waals surface area (Å²) in [7, 11) is 0. The highest BCUT2D eigenvalue weighted by Gasteiger charge is 2.16. The lowest BCUT2D eigenvalue weighted by Gasteiger charge is -2.19. The van der Waals surface area contributed by atoms with E-state index >= 15 is 0 Å². The maximum Gasteiger partial charge on any atom is 0.0845 e. The highest BCUT2D eigenvalue weighted by atomic mass is 127.